The minimum Gasteiger partial charge on any atom is -0.385 e. The highest BCUT2D eigenvalue weighted by Crippen LogP contribution is 2.10. The van der Waals surface area contributed by atoms with Gasteiger partial charge in [-0.15, -0.1) is 0 Å². The van der Waals surface area contributed by atoms with Crippen molar-refractivity contribution in [2.45, 2.75) is 12.8 Å². The molecule has 0 spiro atoms. The topological polar surface area (TPSA) is 42.1 Å². The molecule has 0 saturated heterocycles. The Morgan fingerprint density at radius 3 is 2.94 bits per heavy atom. The molecule has 0 unspecified atom stereocenters. The third kappa shape index (κ3) is 2.31. The Morgan fingerprint density at radius 1 is 1.31 bits per heavy atom. The fourth-order valence-corrected chi connectivity index (χ4v) is 1.79. The first-order chi connectivity index (χ1) is 7.81. The quantitative estimate of drug-likeness (QED) is 0.797. The van der Waals surface area contributed by atoms with Crippen LogP contribution in [0.3, 0.4) is 0 Å². The number of benzene rings is 1. The minimum atomic E-state index is 0.00908. The second-order valence-electron chi connectivity index (χ2n) is 3.81. The molecule has 0 bridgehead atoms. The number of ether oxygens (including phenoxy) is 1. The van der Waals surface area contributed by atoms with Crippen LogP contribution in [0.1, 0.15) is 12.0 Å². The van der Waals surface area contributed by atoms with E-state index in [1.807, 2.05) is 30.3 Å². The Balaban J connectivity index is 2.31. The maximum Gasteiger partial charge on any atom is 0.251 e. The second-order valence-corrected chi connectivity index (χ2v) is 3.81. The van der Waals surface area contributed by atoms with E-state index >= 15 is 0 Å². The van der Waals surface area contributed by atoms with Crippen molar-refractivity contribution in [2.75, 3.05) is 13.7 Å². The molecule has 1 N–H and O–H groups in total. The molecule has 0 aliphatic carbocycles. The summed E-state index contributed by atoms with van der Waals surface area (Å²) in [6.45, 7) is 0.687. The Hall–Kier alpha value is -1.61. The fraction of sp³-hybridized carbons (Fsp3) is 0.308. The number of aromatic amines is 1. The zero-order valence-electron chi connectivity index (χ0n) is 9.32. The lowest BCUT2D eigenvalue weighted by molar-refractivity contribution is 0.195. The standard InChI is InChI=1S/C13H15NO2/c1-16-8-4-6-11-9-10-5-2-3-7-12(10)14-13(11)15/h2-3,5,7,9H,4,6,8H2,1H3,(H,14,15). The first kappa shape index (κ1) is 10.9. The number of hydrogen-bond donors (Lipinski definition) is 1. The van der Waals surface area contributed by atoms with E-state index in [4.69, 9.17) is 4.74 Å². The first-order valence-electron chi connectivity index (χ1n) is 5.41. The number of nitrogens with one attached hydrogen (secondary N) is 1. The highest BCUT2D eigenvalue weighted by molar-refractivity contribution is 5.78. The van der Waals surface area contributed by atoms with Crippen LogP contribution in [0.2, 0.25) is 0 Å². The van der Waals surface area contributed by atoms with Gasteiger partial charge in [0.25, 0.3) is 5.56 Å². The molecular formula is C13H15NO2. The summed E-state index contributed by atoms with van der Waals surface area (Å²) < 4.78 is 4.98. The average Bonchev–Trinajstić information content (AvgIpc) is 2.30. The maximum atomic E-state index is 11.7. The number of H-pyrrole nitrogens is 1. The van der Waals surface area contributed by atoms with Gasteiger partial charge in [0.1, 0.15) is 0 Å². The summed E-state index contributed by atoms with van der Waals surface area (Å²) in [4.78, 5) is 14.6. The van der Waals surface area contributed by atoms with Gasteiger partial charge in [0.15, 0.2) is 0 Å². The molecule has 0 radical (unpaired) electrons. The molecule has 2 aromatic rings. The molecule has 0 saturated carbocycles. The lowest BCUT2D eigenvalue weighted by Gasteiger charge is -2.02. The van der Waals surface area contributed by atoms with Crippen molar-refractivity contribution in [2.24, 2.45) is 0 Å². The average molecular weight is 217 g/mol. The molecule has 3 heteroatoms. The smallest absolute Gasteiger partial charge is 0.251 e. The predicted octanol–water partition coefficient (Wildman–Crippen LogP) is 2.11. The first-order valence-corrected chi connectivity index (χ1v) is 5.41. The lowest BCUT2D eigenvalue weighted by Crippen LogP contribution is -2.12. The molecule has 1 heterocycles. The zero-order chi connectivity index (χ0) is 11.4. The highest BCUT2D eigenvalue weighted by Gasteiger charge is 2.01. The van der Waals surface area contributed by atoms with E-state index in [1.54, 1.807) is 7.11 Å². The lowest BCUT2D eigenvalue weighted by atomic mass is 10.1. The zero-order valence-corrected chi connectivity index (χ0v) is 9.32. The number of para-hydroxylation sites is 1. The molecule has 0 amide bonds. The van der Waals surface area contributed by atoms with Gasteiger partial charge < -0.3 is 9.72 Å². The number of pyridine rings is 1. The van der Waals surface area contributed by atoms with Crippen molar-refractivity contribution in [3.63, 3.8) is 0 Å². The van der Waals surface area contributed by atoms with Crippen LogP contribution in [-0.2, 0) is 11.2 Å². The molecular weight excluding hydrogens is 202 g/mol. The van der Waals surface area contributed by atoms with E-state index < -0.39 is 0 Å². The van der Waals surface area contributed by atoms with Crippen LogP contribution in [0.15, 0.2) is 35.1 Å². The molecule has 84 valence electrons. The van der Waals surface area contributed by atoms with Crippen LogP contribution in [0.5, 0.6) is 0 Å². The van der Waals surface area contributed by atoms with Crippen molar-refractivity contribution < 1.29 is 4.74 Å². The van der Waals surface area contributed by atoms with E-state index in [9.17, 15) is 4.79 Å². The highest BCUT2D eigenvalue weighted by atomic mass is 16.5. The van der Waals surface area contributed by atoms with Crippen LogP contribution < -0.4 is 5.56 Å². The number of methoxy groups -OCH3 is 1. The fourth-order valence-electron chi connectivity index (χ4n) is 1.79. The number of rotatable bonds is 4. The summed E-state index contributed by atoms with van der Waals surface area (Å²) in [6, 6.07) is 9.77. The van der Waals surface area contributed by atoms with E-state index in [2.05, 4.69) is 4.98 Å². The normalized spacial score (nSPS) is 10.8. The third-order valence-electron chi connectivity index (χ3n) is 2.62. The summed E-state index contributed by atoms with van der Waals surface area (Å²) in [7, 11) is 1.67. The van der Waals surface area contributed by atoms with Crippen LogP contribution in [0.4, 0.5) is 0 Å². The number of aryl methyl sites for hydroxylation is 1. The number of fused-ring (bicyclic) bond motifs is 1. The minimum absolute atomic E-state index is 0.00908. The maximum absolute atomic E-state index is 11.7. The van der Waals surface area contributed by atoms with Gasteiger partial charge in [0, 0.05) is 24.8 Å². The monoisotopic (exact) mass is 217 g/mol. The van der Waals surface area contributed by atoms with Gasteiger partial charge in [-0.1, -0.05) is 18.2 Å². The summed E-state index contributed by atoms with van der Waals surface area (Å²) in [5.74, 6) is 0. The van der Waals surface area contributed by atoms with Crippen LogP contribution in [0.25, 0.3) is 10.9 Å². The van der Waals surface area contributed by atoms with E-state index in [0.29, 0.717) is 6.61 Å². The molecule has 0 aliphatic rings. The number of aromatic nitrogens is 1. The van der Waals surface area contributed by atoms with E-state index in [-0.39, 0.29) is 5.56 Å². The molecule has 0 atom stereocenters. The van der Waals surface area contributed by atoms with E-state index in [0.717, 1.165) is 29.3 Å². The van der Waals surface area contributed by atoms with Crippen LogP contribution >= 0.6 is 0 Å². The third-order valence-corrected chi connectivity index (χ3v) is 2.62. The molecule has 0 fully saturated rings. The van der Waals surface area contributed by atoms with Crippen LogP contribution in [0, 0.1) is 0 Å². The van der Waals surface area contributed by atoms with Crippen LogP contribution in [-0.4, -0.2) is 18.7 Å². The summed E-state index contributed by atoms with van der Waals surface area (Å²) in [5, 5.41) is 1.08. The van der Waals surface area contributed by atoms with Gasteiger partial charge in [-0.05, 0) is 30.4 Å². The van der Waals surface area contributed by atoms with Crippen molar-refractivity contribution in [3.05, 3.63) is 46.2 Å². The summed E-state index contributed by atoms with van der Waals surface area (Å²) in [5.41, 5.74) is 1.73. The molecule has 2 rings (SSSR count). The van der Waals surface area contributed by atoms with Crippen molar-refractivity contribution >= 4 is 10.9 Å². The predicted molar refractivity (Wildman–Crippen MR) is 64.8 cm³/mol. The summed E-state index contributed by atoms with van der Waals surface area (Å²) >= 11 is 0. The van der Waals surface area contributed by atoms with Gasteiger partial charge in [0.05, 0.1) is 0 Å². The van der Waals surface area contributed by atoms with Gasteiger partial charge in [-0.2, -0.15) is 0 Å². The SMILES string of the molecule is COCCCc1cc2ccccc2[nH]c1=O. The van der Waals surface area contributed by atoms with Crippen molar-refractivity contribution in [1.82, 2.24) is 4.98 Å². The van der Waals surface area contributed by atoms with Gasteiger partial charge in [-0.3, -0.25) is 4.79 Å². The van der Waals surface area contributed by atoms with E-state index in [1.165, 1.54) is 0 Å². The summed E-state index contributed by atoms with van der Waals surface area (Å²) in [6.07, 6.45) is 1.63. The second kappa shape index (κ2) is 4.94. The largest absolute Gasteiger partial charge is 0.385 e. The molecule has 3 nitrogen and oxygen atoms in total. The van der Waals surface area contributed by atoms with Gasteiger partial charge in [0.2, 0.25) is 0 Å². The molecule has 16 heavy (non-hydrogen) atoms. The Labute approximate surface area is 94.1 Å². The van der Waals surface area contributed by atoms with Gasteiger partial charge >= 0.3 is 0 Å². The Morgan fingerprint density at radius 2 is 2.12 bits per heavy atom. The Kier molecular flexibility index (Phi) is 3.37. The molecule has 1 aromatic carbocycles. The number of hydrogen-bond acceptors (Lipinski definition) is 2. The Bertz CT molecular complexity index is 531. The van der Waals surface area contributed by atoms with Gasteiger partial charge in [-0.25, -0.2) is 0 Å². The molecule has 1 aromatic heterocycles. The molecule has 0 aliphatic heterocycles. The van der Waals surface area contributed by atoms with Crippen molar-refractivity contribution in [1.29, 1.82) is 0 Å². The van der Waals surface area contributed by atoms with Crippen molar-refractivity contribution in [3.8, 4) is 0 Å².